The van der Waals surface area contributed by atoms with Gasteiger partial charge in [0.15, 0.2) is 0 Å². The summed E-state index contributed by atoms with van der Waals surface area (Å²) in [6.07, 6.45) is 0.121. The van der Waals surface area contributed by atoms with Gasteiger partial charge < -0.3 is 25.0 Å². The molecule has 43 heavy (non-hydrogen) atoms. The Bertz CT molecular complexity index is 1380. The number of methoxy groups -OCH3 is 1. The summed E-state index contributed by atoms with van der Waals surface area (Å²) in [7, 11) is 1.58. The van der Waals surface area contributed by atoms with E-state index in [2.05, 4.69) is 10.6 Å². The first kappa shape index (κ1) is 33.2. The molecule has 2 N–H and O–H groups in total. The molecule has 0 heterocycles. The maximum absolute atomic E-state index is 14.7. The summed E-state index contributed by atoms with van der Waals surface area (Å²) < 4.78 is 10.8. The van der Waals surface area contributed by atoms with E-state index in [0.29, 0.717) is 17.9 Å². The van der Waals surface area contributed by atoms with Crippen LogP contribution < -0.4 is 15.4 Å². The van der Waals surface area contributed by atoms with E-state index >= 15 is 0 Å². The monoisotopic (exact) mass is 587 g/mol. The van der Waals surface area contributed by atoms with E-state index in [-0.39, 0.29) is 24.3 Å². The number of amides is 3. The van der Waals surface area contributed by atoms with Crippen molar-refractivity contribution in [3.05, 3.63) is 95.1 Å². The number of nitrogens with zero attached hydrogens (tertiary/aromatic N) is 1. The Morgan fingerprint density at radius 3 is 2.14 bits per heavy atom. The average molecular weight is 588 g/mol. The highest BCUT2D eigenvalue weighted by molar-refractivity contribution is 5.99. The third-order valence-electron chi connectivity index (χ3n) is 7.42. The van der Waals surface area contributed by atoms with Crippen molar-refractivity contribution in [3.63, 3.8) is 0 Å². The van der Waals surface area contributed by atoms with Crippen molar-refractivity contribution in [2.45, 2.75) is 85.0 Å². The van der Waals surface area contributed by atoms with E-state index in [0.717, 1.165) is 22.3 Å². The number of nitrogens with one attached hydrogen (secondary N) is 2. The van der Waals surface area contributed by atoms with E-state index < -0.39 is 23.8 Å². The standard InChI is InChI=1S/C35H45N3O5/c1-9-24(3)38(33(40)30(22-26-15-11-10-12-16-26)37-34(41)43-35(5,6)7)31(29-17-13-14-23(2)25(29)4)32(39)36-27-18-20-28(42-8)21-19-27/h10-21,24,30-31H,9,22H2,1-8H3,(H,36,39)(H,37,41). The van der Waals surface area contributed by atoms with Crippen LogP contribution >= 0.6 is 0 Å². The molecule has 0 aliphatic carbocycles. The highest BCUT2D eigenvalue weighted by Crippen LogP contribution is 2.31. The number of carbonyl (C=O) groups excluding carboxylic acids is 3. The van der Waals surface area contributed by atoms with Crippen molar-refractivity contribution >= 4 is 23.6 Å². The number of anilines is 1. The SMILES string of the molecule is CCC(C)N(C(=O)C(Cc1ccccc1)NC(=O)OC(C)(C)C)C(C(=O)Nc1ccc(OC)cc1)c1cccc(C)c1C. The molecule has 3 amide bonds. The molecular formula is C35H45N3O5. The van der Waals surface area contributed by atoms with E-state index in [1.807, 2.05) is 76.2 Å². The van der Waals surface area contributed by atoms with Crippen LogP contribution in [-0.2, 0) is 20.7 Å². The minimum atomic E-state index is -0.979. The molecule has 230 valence electrons. The third-order valence-corrected chi connectivity index (χ3v) is 7.42. The predicted octanol–water partition coefficient (Wildman–Crippen LogP) is 6.75. The van der Waals surface area contributed by atoms with Gasteiger partial charge in [-0.25, -0.2) is 4.79 Å². The Hall–Kier alpha value is -4.33. The van der Waals surface area contributed by atoms with Crippen LogP contribution in [0.4, 0.5) is 10.5 Å². The summed E-state index contributed by atoms with van der Waals surface area (Å²) in [4.78, 5) is 43.5. The molecule has 8 heteroatoms. The number of aryl methyl sites for hydroxylation is 1. The lowest BCUT2D eigenvalue weighted by atomic mass is 9.93. The molecule has 0 radical (unpaired) electrons. The average Bonchev–Trinajstić information content (AvgIpc) is 2.96. The van der Waals surface area contributed by atoms with Crippen LogP contribution in [-0.4, -0.2) is 47.6 Å². The second-order valence-electron chi connectivity index (χ2n) is 11.8. The van der Waals surface area contributed by atoms with Crippen molar-refractivity contribution in [1.82, 2.24) is 10.2 Å². The molecule has 0 aliphatic rings. The quantitative estimate of drug-likeness (QED) is 0.259. The second kappa shape index (κ2) is 14.7. The van der Waals surface area contributed by atoms with Crippen molar-refractivity contribution in [2.75, 3.05) is 12.4 Å². The van der Waals surface area contributed by atoms with Crippen molar-refractivity contribution in [1.29, 1.82) is 0 Å². The summed E-state index contributed by atoms with van der Waals surface area (Å²) in [5.74, 6) is -0.0689. The first-order valence-corrected chi connectivity index (χ1v) is 14.7. The fraction of sp³-hybridized carbons (Fsp3) is 0.400. The Morgan fingerprint density at radius 1 is 0.907 bits per heavy atom. The van der Waals surface area contributed by atoms with Crippen LogP contribution in [0.15, 0.2) is 72.8 Å². The molecule has 8 nitrogen and oxygen atoms in total. The Labute approximate surface area is 255 Å². The molecule has 0 bridgehead atoms. The second-order valence-corrected chi connectivity index (χ2v) is 11.8. The van der Waals surface area contributed by atoms with E-state index in [1.54, 1.807) is 57.0 Å². The molecule has 0 aromatic heterocycles. The lowest BCUT2D eigenvalue weighted by Crippen LogP contribution is -2.55. The summed E-state index contributed by atoms with van der Waals surface area (Å²) >= 11 is 0. The number of alkyl carbamates (subject to hydrolysis) is 1. The largest absolute Gasteiger partial charge is 0.497 e. The van der Waals surface area contributed by atoms with Gasteiger partial charge in [0.25, 0.3) is 5.91 Å². The fourth-order valence-corrected chi connectivity index (χ4v) is 4.85. The highest BCUT2D eigenvalue weighted by Gasteiger charge is 2.39. The van der Waals surface area contributed by atoms with Gasteiger partial charge in [-0.3, -0.25) is 9.59 Å². The maximum atomic E-state index is 14.7. The lowest BCUT2D eigenvalue weighted by Gasteiger charge is -2.39. The number of benzene rings is 3. The smallest absolute Gasteiger partial charge is 0.408 e. The normalized spacial score (nSPS) is 13.3. The maximum Gasteiger partial charge on any atom is 0.408 e. The zero-order valence-corrected chi connectivity index (χ0v) is 26.6. The van der Waals surface area contributed by atoms with Gasteiger partial charge in [-0.05, 0) is 94.5 Å². The number of hydrogen-bond acceptors (Lipinski definition) is 5. The molecule has 3 aromatic carbocycles. The topological polar surface area (TPSA) is 97.0 Å². The summed E-state index contributed by atoms with van der Waals surface area (Å²) in [6.45, 7) is 13.1. The van der Waals surface area contributed by atoms with Crippen molar-refractivity contribution < 1.29 is 23.9 Å². The third kappa shape index (κ3) is 9.08. The lowest BCUT2D eigenvalue weighted by molar-refractivity contribution is -0.143. The molecule has 0 saturated heterocycles. The fourth-order valence-electron chi connectivity index (χ4n) is 4.85. The summed E-state index contributed by atoms with van der Waals surface area (Å²) in [5.41, 5.74) is 3.33. The zero-order chi connectivity index (χ0) is 31.7. The van der Waals surface area contributed by atoms with Gasteiger partial charge in [0.05, 0.1) is 7.11 Å². The van der Waals surface area contributed by atoms with Crippen LogP contribution in [0.3, 0.4) is 0 Å². The number of ether oxygens (including phenoxy) is 2. The van der Waals surface area contributed by atoms with Gasteiger partial charge >= 0.3 is 6.09 Å². The number of hydrogen-bond donors (Lipinski definition) is 2. The Morgan fingerprint density at radius 2 is 1.56 bits per heavy atom. The van der Waals surface area contributed by atoms with E-state index in [9.17, 15) is 14.4 Å². The van der Waals surface area contributed by atoms with Gasteiger partial charge in [0, 0.05) is 18.2 Å². The Kier molecular flexibility index (Phi) is 11.4. The molecule has 3 atom stereocenters. The first-order valence-electron chi connectivity index (χ1n) is 14.7. The molecule has 0 spiro atoms. The van der Waals surface area contributed by atoms with Crippen LogP contribution in [0.1, 0.15) is 69.3 Å². The molecular weight excluding hydrogens is 542 g/mol. The van der Waals surface area contributed by atoms with Crippen molar-refractivity contribution in [3.8, 4) is 5.75 Å². The van der Waals surface area contributed by atoms with Crippen LogP contribution in [0.2, 0.25) is 0 Å². The molecule has 3 rings (SSSR count). The van der Waals surface area contributed by atoms with Gasteiger partial charge in [-0.15, -0.1) is 0 Å². The van der Waals surface area contributed by atoms with E-state index in [4.69, 9.17) is 9.47 Å². The van der Waals surface area contributed by atoms with E-state index in [1.165, 1.54) is 0 Å². The minimum Gasteiger partial charge on any atom is -0.497 e. The summed E-state index contributed by atoms with van der Waals surface area (Å²) in [6, 6.07) is 20.0. The van der Waals surface area contributed by atoms with Gasteiger partial charge in [0.1, 0.15) is 23.4 Å². The molecule has 0 saturated carbocycles. The molecule has 3 unspecified atom stereocenters. The Balaban J connectivity index is 2.11. The van der Waals surface area contributed by atoms with Crippen molar-refractivity contribution in [2.24, 2.45) is 0 Å². The highest BCUT2D eigenvalue weighted by atomic mass is 16.6. The van der Waals surface area contributed by atoms with Gasteiger partial charge in [0.2, 0.25) is 5.91 Å². The molecule has 3 aromatic rings. The van der Waals surface area contributed by atoms with Crippen LogP contribution in [0.25, 0.3) is 0 Å². The minimum absolute atomic E-state index is 0.228. The predicted molar refractivity (Wildman–Crippen MR) is 170 cm³/mol. The summed E-state index contributed by atoms with van der Waals surface area (Å²) in [5, 5.41) is 5.83. The molecule has 0 aliphatic heterocycles. The first-order chi connectivity index (χ1) is 20.3. The number of rotatable bonds is 11. The van der Waals surface area contributed by atoms with Crippen LogP contribution in [0.5, 0.6) is 5.75 Å². The van der Waals surface area contributed by atoms with Crippen LogP contribution in [0, 0.1) is 13.8 Å². The van der Waals surface area contributed by atoms with Gasteiger partial charge in [-0.2, -0.15) is 0 Å². The molecule has 0 fully saturated rings. The number of carbonyl (C=O) groups is 3. The zero-order valence-electron chi connectivity index (χ0n) is 26.6. The van der Waals surface area contributed by atoms with Gasteiger partial charge in [-0.1, -0.05) is 55.5 Å².